The first-order valence-corrected chi connectivity index (χ1v) is 7.80. The molecule has 0 aliphatic heterocycles. The van der Waals surface area contributed by atoms with Crippen LogP contribution in [0.3, 0.4) is 0 Å². The van der Waals surface area contributed by atoms with Crippen molar-refractivity contribution in [3.8, 4) is 0 Å². The molecule has 5 heteroatoms. The zero-order valence-corrected chi connectivity index (χ0v) is 13.7. The molecular weight excluding hydrogens is 335 g/mol. The Morgan fingerprint density at radius 3 is 1.88 bits per heavy atom. The topological polar surface area (TPSA) is 0 Å². The summed E-state index contributed by atoms with van der Waals surface area (Å²) in [6.07, 6.45) is -0.0349. The fourth-order valence-corrected chi connectivity index (χ4v) is 2.87. The van der Waals surface area contributed by atoms with E-state index in [2.05, 4.69) is 0 Å². The number of aryl methyl sites for hydroxylation is 4. The first-order valence-electron chi connectivity index (χ1n) is 7.80. The van der Waals surface area contributed by atoms with Gasteiger partial charge >= 0.3 is 0 Å². The maximum Gasteiger partial charge on any atom is 0.169 e. The Hall–Kier alpha value is -2.43. The summed E-state index contributed by atoms with van der Waals surface area (Å²) < 4.78 is 70.1. The van der Waals surface area contributed by atoms with Crippen molar-refractivity contribution >= 4 is 10.8 Å². The fraction of sp³-hybridized carbons (Fsp3) is 0.200. The quantitative estimate of drug-likeness (QED) is 0.513. The summed E-state index contributed by atoms with van der Waals surface area (Å²) in [5, 5.41) is -0.165. The van der Waals surface area contributed by atoms with E-state index in [9.17, 15) is 22.0 Å². The standard InChI is InChI=1S/C20H15F5/c1-10-4-6-13-9-14(19(24)20(25)15(13)16(10)21)8-7-12-5-3-11(2)17(22)18(12)23/h3-6,9H,7-8H2,1-2H3. The van der Waals surface area contributed by atoms with Gasteiger partial charge in [-0.1, -0.05) is 24.3 Å². The highest BCUT2D eigenvalue weighted by molar-refractivity contribution is 5.85. The Morgan fingerprint density at radius 1 is 0.600 bits per heavy atom. The molecule has 3 aromatic rings. The monoisotopic (exact) mass is 350 g/mol. The van der Waals surface area contributed by atoms with Crippen LogP contribution in [-0.4, -0.2) is 0 Å². The van der Waals surface area contributed by atoms with Crippen LogP contribution in [0.5, 0.6) is 0 Å². The number of fused-ring (bicyclic) bond motifs is 1. The first kappa shape index (κ1) is 17.4. The summed E-state index contributed by atoms with van der Waals surface area (Å²) in [6.45, 7) is 2.91. The summed E-state index contributed by atoms with van der Waals surface area (Å²) >= 11 is 0. The minimum atomic E-state index is -1.26. The van der Waals surface area contributed by atoms with E-state index in [4.69, 9.17) is 0 Å². The predicted octanol–water partition coefficient (Wildman–Crippen LogP) is 5.94. The summed E-state index contributed by atoms with van der Waals surface area (Å²) in [4.78, 5) is 0. The summed E-state index contributed by atoms with van der Waals surface area (Å²) in [6, 6.07) is 7.19. The first-order chi connectivity index (χ1) is 11.8. The molecule has 0 bridgehead atoms. The molecule has 0 aliphatic rings. The number of rotatable bonds is 3. The lowest BCUT2D eigenvalue weighted by Crippen LogP contribution is -2.03. The van der Waals surface area contributed by atoms with Crippen molar-refractivity contribution in [3.63, 3.8) is 0 Å². The lowest BCUT2D eigenvalue weighted by atomic mass is 9.98. The molecule has 0 aromatic heterocycles. The van der Waals surface area contributed by atoms with Crippen molar-refractivity contribution in [2.24, 2.45) is 0 Å². The molecule has 0 heterocycles. The van der Waals surface area contributed by atoms with Crippen molar-refractivity contribution in [2.45, 2.75) is 26.7 Å². The SMILES string of the molecule is Cc1ccc(CCc2cc3ccc(C)c(F)c3c(F)c2F)c(F)c1F. The van der Waals surface area contributed by atoms with Gasteiger partial charge in [-0.25, -0.2) is 22.0 Å². The molecule has 0 saturated carbocycles. The van der Waals surface area contributed by atoms with Gasteiger partial charge in [-0.15, -0.1) is 0 Å². The van der Waals surface area contributed by atoms with Crippen LogP contribution in [0.1, 0.15) is 22.3 Å². The average Bonchev–Trinajstić information content (AvgIpc) is 2.59. The number of benzene rings is 3. The van der Waals surface area contributed by atoms with Crippen LogP contribution in [-0.2, 0) is 12.8 Å². The van der Waals surface area contributed by atoms with E-state index in [0.29, 0.717) is 0 Å². The second kappa shape index (κ2) is 6.47. The Balaban J connectivity index is 1.99. The molecule has 0 aliphatic carbocycles. The van der Waals surface area contributed by atoms with Gasteiger partial charge in [0.1, 0.15) is 5.82 Å². The van der Waals surface area contributed by atoms with Gasteiger partial charge in [-0.05, 0) is 60.4 Å². The molecule has 3 aromatic carbocycles. The van der Waals surface area contributed by atoms with E-state index in [1.54, 1.807) is 0 Å². The van der Waals surface area contributed by atoms with Crippen LogP contribution in [0.25, 0.3) is 10.8 Å². The Kier molecular flexibility index (Phi) is 4.50. The summed E-state index contributed by atoms with van der Waals surface area (Å²) in [5.41, 5.74) is 0.470. The van der Waals surface area contributed by atoms with Gasteiger partial charge in [0.15, 0.2) is 23.3 Å². The molecule has 0 amide bonds. The van der Waals surface area contributed by atoms with Crippen molar-refractivity contribution in [3.05, 3.63) is 81.7 Å². The second-order valence-corrected chi connectivity index (χ2v) is 6.13. The maximum atomic E-state index is 14.3. The predicted molar refractivity (Wildman–Crippen MR) is 87.1 cm³/mol. The zero-order chi connectivity index (χ0) is 18.3. The number of hydrogen-bond donors (Lipinski definition) is 0. The minimum Gasteiger partial charge on any atom is -0.206 e. The van der Waals surface area contributed by atoms with E-state index in [0.717, 1.165) is 0 Å². The normalized spacial score (nSPS) is 11.3. The number of hydrogen-bond acceptors (Lipinski definition) is 0. The molecule has 0 radical (unpaired) electrons. The van der Waals surface area contributed by atoms with Crippen molar-refractivity contribution in [2.75, 3.05) is 0 Å². The van der Waals surface area contributed by atoms with Crippen molar-refractivity contribution in [1.82, 2.24) is 0 Å². The van der Waals surface area contributed by atoms with Crippen molar-refractivity contribution < 1.29 is 22.0 Å². The lowest BCUT2D eigenvalue weighted by molar-refractivity contribution is 0.489. The number of halogens is 5. The zero-order valence-electron chi connectivity index (χ0n) is 13.7. The molecule has 130 valence electrons. The largest absolute Gasteiger partial charge is 0.206 e. The fourth-order valence-electron chi connectivity index (χ4n) is 2.87. The van der Waals surface area contributed by atoms with Gasteiger partial charge < -0.3 is 0 Å². The third kappa shape index (κ3) is 2.99. The highest BCUT2D eigenvalue weighted by Crippen LogP contribution is 2.29. The van der Waals surface area contributed by atoms with Gasteiger partial charge in [0.25, 0.3) is 0 Å². The van der Waals surface area contributed by atoms with Crippen molar-refractivity contribution in [1.29, 1.82) is 0 Å². The van der Waals surface area contributed by atoms with E-state index in [1.165, 1.54) is 44.2 Å². The Morgan fingerprint density at radius 2 is 1.16 bits per heavy atom. The van der Waals surface area contributed by atoms with Crippen LogP contribution < -0.4 is 0 Å². The van der Waals surface area contributed by atoms with Gasteiger partial charge in [0.2, 0.25) is 0 Å². The molecule has 3 rings (SSSR count). The smallest absolute Gasteiger partial charge is 0.169 e. The molecule has 25 heavy (non-hydrogen) atoms. The molecule has 0 fully saturated rings. The highest BCUT2D eigenvalue weighted by Gasteiger charge is 2.18. The molecule has 0 N–H and O–H groups in total. The highest BCUT2D eigenvalue weighted by atomic mass is 19.2. The average molecular weight is 350 g/mol. The third-order valence-electron chi connectivity index (χ3n) is 4.41. The maximum absolute atomic E-state index is 14.3. The van der Waals surface area contributed by atoms with Crippen LogP contribution in [0.4, 0.5) is 22.0 Å². The molecule has 0 spiro atoms. The second-order valence-electron chi connectivity index (χ2n) is 6.13. The molecule has 0 nitrogen and oxygen atoms in total. The summed E-state index contributed by atoms with van der Waals surface area (Å²) in [7, 11) is 0. The Labute approximate surface area is 141 Å². The van der Waals surface area contributed by atoms with Crippen LogP contribution in [0, 0.1) is 42.9 Å². The minimum absolute atomic E-state index is 0.000751. The summed E-state index contributed by atoms with van der Waals surface area (Å²) in [5.74, 6) is -5.15. The van der Waals surface area contributed by atoms with Crippen LogP contribution >= 0.6 is 0 Å². The van der Waals surface area contributed by atoms with Gasteiger partial charge in [-0.3, -0.25) is 0 Å². The van der Waals surface area contributed by atoms with E-state index < -0.39 is 34.5 Å². The van der Waals surface area contributed by atoms with Gasteiger partial charge in [0, 0.05) is 0 Å². The Bertz CT molecular complexity index is 976. The van der Waals surface area contributed by atoms with E-state index >= 15 is 0 Å². The van der Waals surface area contributed by atoms with Gasteiger partial charge in [-0.2, -0.15) is 0 Å². The van der Waals surface area contributed by atoms with Crippen LogP contribution in [0.2, 0.25) is 0 Å². The lowest BCUT2D eigenvalue weighted by Gasteiger charge is -2.11. The van der Waals surface area contributed by atoms with Crippen LogP contribution in [0.15, 0.2) is 30.3 Å². The van der Waals surface area contributed by atoms with Gasteiger partial charge in [0.05, 0.1) is 5.39 Å². The van der Waals surface area contributed by atoms with E-state index in [1.807, 2.05) is 0 Å². The third-order valence-corrected chi connectivity index (χ3v) is 4.41. The molecular formula is C20H15F5. The van der Waals surface area contributed by atoms with E-state index in [-0.39, 0.29) is 40.5 Å². The molecule has 0 atom stereocenters. The molecule has 0 saturated heterocycles. The molecule has 0 unspecified atom stereocenters.